The van der Waals surface area contributed by atoms with Crippen molar-refractivity contribution in [2.24, 2.45) is 11.5 Å². The summed E-state index contributed by atoms with van der Waals surface area (Å²) in [6.45, 7) is -0.360. The van der Waals surface area contributed by atoms with Gasteiger partial charge in [-0.1, -0.05) is 30.3 Å². The maximum Gasteiger partial charge on any atom is 0.326 e. The van der Waals surface area contributed by atoms with E-state index in [1.54, 1.807) is 30.5 Å². The third-order valence-electron chi connectivity index (χ3n) is 4.83. The highest BCUT2D eigenvalue weighted by Crippen LogP contribution is 2.26. The van der Waals surface area contributed by atoms with Crippen LogP contribution >= 0.6 is 0 Å². The largest absolute Gasteiger partial charge is 0.351 e. The fourth-order valence-electron chi connectivity index (χ4n) is 3.26. The van der Waals surface area contributed by atoms with Crippen LogP contribution in [-0.2, 0) is 4.79 Å². The first-order chi connectivity index (χ1) is 16.0. The van der Waals surface area contributed by atoms with Gasteiger partial charge in [-0.25, -0.2) is 24.6 Å². The Morgan fingerprint density at radius 1 is 0.970 bits per heavy atom. The van der Waals surface area contributed by atoms with Crippen LogP contribution in [0, 0.1) is 0 Å². The molecule has 3 amide bonds. The minimum Gasteiger partial charge on any atom is -0.351 e. The lowest BCUT2D eigenvalue weighted by Gasteiger charge is -2.18. The molecule has 164 valence electrons. The third kappa shape index (κ3) is 4.36. The predicted octanol–water partition coefficient (Wildman–Crippen LogP) is 2.07. The maximum absolute atomic E-state index is 13.0. The van der Waals surface area contributed by atoms with Crippen molar-refractivity contribution < 1.29 is 14.4 Å². The van der Waals surface area contributed by atoms with Gasteiger partial charge in [-0.15, -0.1) is 0 Å². The van der Waals surface area contributed by atoms with Crippen LogP contribution in [0.1, 0.15) is 10.4 Å². The Morgan fingerprint density at radius 2 is 1.70 bits per heavy atom. The molecule has 4 rings (SSSR count). The first kappa shape index (κ1) is 21.5. The third-order valence-corrected chi connectivity index (χ3v) is 4.83. The zero-order chi connectivity index (χ0) is 23.4. The number of imidazole rings is 1. The van der Waals surface area contributed by atoms with Crippen molar-refractivity contribution in [3.05, 3.63) is 85.1 Å². The standard InChI is InChI=1S/C23H19N7O3/c24-12-19(31)30(23(25)33)17-8-6-16(7-9-17)21-27-13-18(22(32)29-11-10-26-14-29)20(28-21)15-4-2-1-3-5-15/h1-11,13-14H,12,24H2,(H2,25,33). The number of aromatic nitrogens is 4. The molecule has 0 aliphatic heterocycles. The quantitative estimate of drug-likeness (QED) is 0.481. The summed E-state index contributed by atoms with van der Waals surface area (Å²) in [5.41, 5.74) is 13.1. The SMILES string of the molecule is NCC(=O)N(C(N)=O)c1ccc(-c2ncc(C(=O)n3ccnc3)c(-c3ccccc3)n2)cc1. The smallest absolute Gasteiger partial charge is 0.326 e. The van der Waals surface area contributed by atoms with E-state index in [0.29, 0.717) is 22.6 Å². The van der Waals surface area contributed by atoms with Crippen molar-refractivity contribution in [2.45, 2.75) is 0 Å². The minimum absolute atomic E-state index is 0.275. The van der Waals surface area contributed by atoms with E-state index in [1.807, 2.05) is 30.3 Å². The van der Waals surface area contributed by atoms with Crippen LogP contribution in [0.3, 0.4) is 0 Å². The molecule has 4 N–H and O–H groups in total. The monoisotopic (exact) mass is 441 g/mol. The average Bonchev–Trinajstić information content (AvgIpc) is 3.39. The average molecular weight is 441 g/mol. The van der Waals surface area contributed by atoms with Crippen molar-refractivity contribution in [1.29, 1.82) is 0 Å². The number of anilines is 1. The van der Waals surface area contributed by atoms with Crippen molar-refractivity contribution >= 4 is 23.5 Å². The molecule has 0 saturated carbocycles. The Labute approximate surface area is 188 Å². The molecule has 33 heavy (non-hydrogen) atoms. The maximum atomic E-state index is 13.0. The predicted molar refractivity (Wildman–Crippen MR) is 121 cm³/mol. The summed E-state index contributed by atoms with van der Waals surface area (Å²) in [6, 6.07) is 14.7. The Morgan fingerprint density at radius 3 is 2.30 bits per heavy atom. The lowest BCUT2D eigenvalue weighted by molar-refractivity contribution is -0.116. The van der Waals surface area contributed by atoms with E-state index in [9.17, 15) is 14.4 Å². The molecule has 0 aliphatic rings. The zero-order valence-corrected chi connectivity index (χ0v) is 17.3. The van der Waals surface area contributed by atoms with Gasteiger partial charge < -0.3 is 11.5 Å². The molecule has 0 fully saturated rings. The number of nitrogens with zero attached hydrogens (tertiary/aromatic N) is 5. The van der Waals surface area contributed by atoms with E-state index in [0.717, 1.165) is 10.5 Å². The number of primary amides is 1. The molecule has 0 atom stereocenters. The highest BCUT2D eigenvalue weighted by atomic mass is 16.2. The second kappa shape index (κ2) is 9.20. The number of amides is 3. The molecule has 0 spiro atoms. The molecule has 10 heteroatoms. The van der Waals surface area contributed by atoms with Crippen molar-refractivity contribution in [2.75, 3.05) is 11.4 Å². The number of carbonyl (C=O) groups excluding carboxylic acids is 3. The zero-order valence-electron chi connectivity index (χ0n) is 17.3. The van der Waals surface area contributed by atoms with E-state index in [4.69, 9.17) is 11.5 Å². The molecule has 4 aromatic rings. The van der Waals surface area contributed by atoms with E-state index < -0.39 is 11.9 Å². The van der Waals surface area contributed by atoms with Gasteiger partial charge in [-0.05, 0) is 24.3 Å². The molecule has 10 nitrogen and oxygen atoms in total. The van der Waals surface area contributed by atoms with E-state index in [1.165, 1.54) is 23.3 Å². The van der Waals surface area contributed by atoms with Crippen LogP contribution in [0.2, 0.25) is 0 Å². The Bertz CT molecular complexity index is 1300. The molecular weight excluding hydrogens is 422 g/mol. The van der Waals surface area contributed by atoms with Crippen LogP contribution in [0.4, 0.5) is 10.5 Å². The van der Waals surface area contributed by atoms with Crippen LogP contribution in [0.15, 0.2) is 79.5 Å². The Hall–Kier alpha value is -4.70. The van der Waals surface area contributed by atoms with Gasteiger partial charge in [0, 0.05) is 29.7 Å². The topological polar surface area (TPSA) is 150 Å². The van der Waals surface area contributed by atoms with Gasteiger partial charge in [0.15, 0.2) is 5.82 Å². The van der Waals surface area contributed by atoms with Crippen LogP contribution in [0.5, 0.6) is 0 Å². The lowest BCUT2D eigenvalue weighted by atomic mass is 10.1. The minimum atomic E-state index is -0.928. The number of rotatable bonds is 5. The summed E-state index contributed by atoms with van der Waals surface area (Å²) in [7, 11) is 0. The molecule has 2 aromatic carbocycles. The summed E-state index contributed by atoms with van der Waals surface area (Å²) in [5.74, 6) is -0.579. The first-order valence-corrected chi connectivity index (χ1v) is 9.87. The van der Waals surface area contributed by atoms with Gasteiger partial charge in [-0.2, -0.15) is 0 Å². The highest BCUT2D eigenvalue weighted by molar-refractivity contribution is 6.14. The summed E-state index contributed by atoms with van der Waals surface area (Å²) >= 11 is 0. The van der Waals surface area contributed by atoms with Crippen molar-refractivity contribution in [3.63, 3.8) is 0 Å². The Balaban J connectivity index is 1.75. The molecule has 0 aliphatic carbocycles. The van der Waals surface area contributed by atoms with Gasteiger partial charge in [0.1, 0.15) is 6.33 Å². The molecule has 0 bridgehead atoms. The lowest BCUT2D eigenvalue weighted by Crippen LogP contribution is -2.44. The number of carbonyl (C=O) groups is 3. The van der Waals surface area contributed by atoms with Gasteiger partial charge in [-0.3, -0.25) is 14.2 Å². The molecule has 0 unspecified atom stereocenters. The van der Waals surface area contributed by atoms with Crippen LogP contribution < -0.4 is 16.4 Å². The summed E-state index contributed by atoms with van der Waals surface area (Å²) in [5, 5.41) is 0. The number of hydrogen-bond donors (Lipinski definition) is 2. The fraction of sp³-hybridized carbons (Fsp3) is 0.0435. The molecule has 2 heterocycles. The molecular formula is C23H19N7O3. The highest BCUT2D eigenvalue weighted by Gasteiger charge is 2.21. The summed E-state index contributed by atoms with van der Waals surface area (Å²) < 4.78 is 1.35. The fourth-order valence-corrected chi connectivity index (χ4v) is 3.26. The number of nitrogens with two attached hydrogens (primary N) is 2. The van der Waals surface area contributed by atoms with Crippen molar-refractivity contribution in [1.82, 2.24) is 19.5 Å². The number of benzene rings is 2. The van der Waals surface area contributed by atoms with Crippen LogP contribution in [0.25, 0.3) is 22.6 Å². The summed E-state index contributed by atoms with van der Waals surface area (Å²) in [4.78, 5) is 50.3. The van der Waals surface area contributed by atoms with Gasteiger partial charge >= 0.3 is 6.03 Å². The second-order valence-electron chi connectivity index (χ2n) is 6.92. The normalized spacial score (nSPS) is 10.6. The summed E-state index contributed by atoms with van der Waals surface area (Å²) in [6.07, 6.45) is 5.95. The number of imide groups is 1. The van der Waals surface area contributed by atoms with Crippen LogP contribution in [-0.4, -0.2) is 43.9 Å². The molecule has 0 saturated heterocycles. The van der Waals surface area contributed by atoms with Gasteiger partial charge in [0.2, 0.25) is 5.91 Å². The van der Waals surface area contributed by atoms with Crippen molar-refractivity contribution in [3.8, 4) is 22.6 Å². The number of urea groups is 1. The first-order valence-electron chi connectivity index (χ1n) is 9.87. The second-order valence-corrected chi connectivity index (χ2v) is 6.92. The Kier molecular flexibility index (Phi) is 6.00. The molecule has 0 radical (unpaired) electrons. The molecule has 2 aromatic heterocycles. The van der Waals surface area contributed by atoms with E-state index >= 15 is 0 Å². The number of hydrogen-bond acceptors (Lipinski definition) is 7. The van der Waals surface area contributed by atoms with Gasteiger partial charge in [0.25, 0.3) is 5.91 Å². The van der Waals surface area contributed by atoms with E-state index in [-0.39, 0.29) is 18.1 Å². The van der Waals surface area contributed by atoms with Gasteiger partial charge in [0.05, 0.1) is 23.5 Å². The van der Waals surface area contributed by atoms with E-state index in [2.05, 4.69) is 15.0 Å².